The van der Waals surface area contributed by atoms with E-state index in [0.29, 0.717) is 6.42 Å². The molecule has 0 N–H and O–H groups in total. The Bertz CT molecular complexity index is 623. The van der Waals surface area contributed by atoms with Gasteiger partial charge in [0.15, 0.2) is 0 Å². The van der Waals surface area contributed by atoms with Gasteiger partial charge in [-0.25, -0.2) is 4.79 Å². The smallest absolute Gasteiger partial charge is 0.410 e. The molecule has 0 saturated heterocycles. The SMILES string of the molecule is COC(=O)CCCN(CC(C(=O)OC)c1ccccc1)C(=O)OC(C)(C)C. The van der Waals surface area contributed by atoms with Crippen LogP contribution in [0.15, 0.2) is 30.3 Å². The van der Waals surface area contributed by atoms with E-state index in [-0.39, 0.29) is 25.5 Å². The lowest BCUT2D eigenvalue weighted by Crippen LogP contribution is -2.41. The highest BCUT2D eigenvalue weighted by atomic mass is 16.6. The van der Waals surface area contributed by atoms with Crippen molar-refractivity contribution in [3.05, 3.63) is 35.9 Å². The van der Waals surface area contributed by atoms with Gasteiger partial charge in [-0.15, -0.1) is 0 Å². The fourth-order valence-corrected chi connectivity index (χ4v) is 2.46. The molecule has 0 aromatic heterocycles. The fraction of sp³-hybridized carbons (Fsp3) is 0.550. The number of ether oxygens (including phenoxy) is 3. The third-order valence-electron chi connectivity index (χ3n) is 3.78. The number of hydrogen-bond donors (Lipinski definition) is 0. The minimum Gasteiger partial charge on any atom is -0.469 e. The van der Waals surface area contributed by atoms with E-state index in [1.807, 2.05) is 30.3 Å². The van der Waals surface area contributed by atoms with Gasteiger partial charge in [-0.3, -0.25) is 9.59 Å². The molecule has 1 amide bonds. The first kappa shape index (κ1) is 22.5. The lowest BCUT2D eigenvalue weighted by Gasteiger charge is -2.29. The molecule has 27 heavy (non-hydrogen) atoms. The molecule has 0 bridgehead atoms. The molecule has 0 aliphatic rings. The molecule has 0 aliphatic carbocycles. The second-order valence-corrected chi connectivity index (χ2v) is 7.09. The van der Waals surface area contributed by atoms with Crippen molar-refractivity contribution in [2.75, 3.05) is 27.3 Å². The Morgan fingerprint density at radius 3 is 2.19 bits per heavy atom. The first-order valence-electron chi connectivity index (χ1n) is 8.85. The van der Waals surface area contributed by atoms with Crippen molar-refractivity contribution in [2.24, 2.45) is 0 Å². The van der Waals surface area contributed by atoms with Gasteiger partial charge in [0.2, 0.25) is 0 Å². The van der Waals surface area contributed by atoms with Gasteiger partial charge in [-0.2, -0.15) is 0 Å². The average Bonchev–Trinajstić information content (AvgIpc) is 2.62. The van der Waals surface area contributed by atoms with Crippen LogP contribution in [0.5, 0.6) is 0 Å². The number of amides is 1. The van der Waals surface area contributed by atoms with Gasteiger partial charge in [0.25, 0.3) is 0 Å². The second-order valence-electron chi connectivity index (χ2n) is 7.09. The molecular weight excluding hydrogens is 350 g/mol. The van der Waals surface area contributed by atoms with Crippen LogP contribution in [0.4, 0.5) is 4.79 Å². The van der Waals surface area contributed by atoms with Crippen molar-refractivity contribution >= 4 is 18.0 Å². The molecule has 0 radical (unpaired) electrons. The monoisotopic (exact) mass is 379 g/mol. The molecule has 0 heterocycles. The Labute approximate surface area is 160 Å². The lowest BCUT2D eigenvalue weighted by atomic mass is 9.98. The van der Waals surface area contributed by atoms with Crippen molar-refractivity contribution in [2.45, 2.75) is 45.1 Å². The van der Waals surface area contributed by atoms with Crippen molar-refractivity contribution in [1.29, 1.82) is 0 Å². The Morgan fingerprint density at radius 1 is 1.04 bits per heavy atom. The van der Waals surface area contributed by atoms with Gasteiger partial charge in [-0.1, -0.05) is 30.3 Å². The molecule has 1 rings (SSSR count). The van der Waals surface area contributed by atoms with Crippen molar-refractivity contribution in [1.82, 2.24) is 4.90 Å². The molecule has 0 spiro atoms. The second kappa shape index (κ2) is 10.5. The molecule has 0 fully saturated rings. The fourth-order valence-electron chi connectivity index (χ4n) is 2.46. The Kier molecular flexibility index (Phi) is 8.78. The van der Waals surface area contributed by atoms with Crippen LogP contribution < -0.4 is 0 Å². The summed E-state index contributed by atoms with van der Waals surface area (Å²) in [7, 11) is 2.63. The Hall–Kier alpha value is -2.57. The van der Waals surface area contributed by atoms with Gasteiger partial charge < -0.3 is 19.1 Å². The van der Waals surface area contributed by atoms with Crippen LogP contribution in [0, 0.1) is 0 Å². The summed E-state index contributed by atoms with van der Waals surface area (Å²) in [6, 6.07) is 9.10. The van der Waals surface area contributed by atoms with Gasteiger partial charge in [0.05, 0.1) is 20.1 Å². The summed E-state index contributed by atoms with van der Waals surface area (Å²) in [4.78, 5) is 37.7. The largest absolute Gasteiger partial charge is 0.469 e. The maximum absolute atomic E-state index is 12.6. The van der Waals surface area contributed by atoms with Crippen LogP contribution >= 0.6 is 0 Å². The molecule has 7 heteroatoms. The summed E-state index contributed by atoms with van der Waals surface area (Å²) in [5, 5.41) is 0. The van der Waals surface area contributed by atoms with Crippen LogP contribution in [0.3, 0.4) is 0 Å². The summed E-state index contributed by atoms with van der Waals surface area (Å²) >= 11 is 0. The van der Waals surface area contributed by atoms with Crippen molar-refractivity contribution < 1.29 is 28.6 Å². The van der Waals surface area contributed by atoms with Crippen LogP contribution in [-0.2, 0) is 23.8 Å². The average molecular weight is 379 g/mol. The van der Waals surface area contributed by atoms with E-state index in [2.05, 4.69) is 4.74 Å². The summed E-state index contributed by atoms with van der Waals surface area (Å²) in [5.41, 5.74) is 0.0661. The molecule has 0 aliphatic heterocycles. The Morgan fingerprint density at radius 2 is 1.67 bits per heavy atom. The van der Waals surface area contributed by atoms with Crippen LogP contribution in [0.2, 0.25) is 0 Å². The number of methoxy groups -OCH3 is 2. The molecule has 150 valence electrons. The minimum atomic E-state index is -0.675. The highest BCUT2D eigenvalue weighted by Gasteiger charge is 2.29. The number of rotatable bonds is 8. The number of hydrogen-bond acceptors (Lipinski definition) is 6. The van der Waals surface area contributed by atoms with E-state index >= 15 is 0 Å². The quantitative estimate of drug-likeness (QED) is 0.510. The zero-order chi connectivity index (χ0) is 20.4. The predicted molar refractivity (Wildman–Crippen MR) is 100 cm³/mol. The number of benzene rings is 1. The summed E-state index contributed by atoms with van der Waals surface area (Å²) < 4.78 is 15.0. The van der Waals surface area contributed by atoms with E-state index < -0.39 is 23.6 Å². The predicted octanol–water partition coefficient (Wildman–Crippen LogP) is 3.13. The zero-order valence-corrected chi connectivity index (χ0v) is 16.7. The van der Waals surface area contributed by atoms with Crippen LogP contribution in [-0.4, -0.2) is 55.8 Å². The maximum Gasteiger partial charge on any atom is 0.410 e. The maximum atomic E-state index is 12.6. The highest BCUT2D eigenvalue weighted by Crippen LogP contribution is 2.21. The zero-order valence-electron chi connectivity index (χ0n) is 16.7. The number of nitrogens with zero attached hydrogens (tertiary/aromatic N) is 1. The van der Waals surface area contributed by atoms with E-state index in [4.69, 9.17) is 9.47 Å². The van der Waals surface area contributed by atoms with Crippen molar-refractivity contribution in [3.8, 4) is 0 Å². The summed E-state index contributed by atoms with van der Waals surface area (Å²) in [6.45, 7) is 5.66. The number of carbonyl (C=O) groups is 3. The Balaban J connectivity index is 2.98. The minimum absolute atomic E-state index is 0.0901. The lowest BCUT2D eigenvalue weighted by molar-refractivity contribution is -0.143. The van der Waals surface area contributed by atoms with Crippen LogP contribution in [0.25, 0.3) is 0 Å². The molecule has 1 aromatic rings. The molecule has 1 aromatic carbocycles. The van der Waals surface area contributed by atoms with E-state index in [1.54, 1.807) is 20.8 Å². The molecule has 7 nitrogen and oxygen atoms in total. The van der Waals surface area contributed by atoms with E-state index in [0.717, 1.165) is 5.56 Å². The molecule has 0 saturated carbocycles. The number of carbonyl (C=O) groups excluding carboxylic acids is 3. The standard InChI is InChI=1S/C20H29NO6/c1-20(2,3)27-19(24)21(13-9-12-17(22)25-4)14-16(18(23)26-5)15-10-7-6-8-11-15/h6-8,10-11,16H,9,12-14H2,1-5H3. The number of esters is 2. The van der Waals surface area contributed by atoms with E-state index in [1.165, 1.54) is 19.1 Å². The van der Waals surface area contributed by atoms with Gasteiger partial charge in [0.1, 0.15) is 5.60 Å². The highest BCUT2D eigenvalue weighted by molar-refractivity contribution is 5.79. The van der Waals surface area contributed by atoms with Gasteiger partial charge in [-0.05, 0) is 32.8 Å². The van der Waals surface area contributed by atoms with E-state index in [9.17, 15) is 14.4 Å². The van der Waals surface area contributed by atoms with Crippen LogP contribution in [0.1, 0.15) is 45.1 Å². The molecular formula is C20H29NO6. The third-order valence-corrected chi connectivity index (χ3v) is 3.78. The first-order valence-corrected chi connectivity index (χ1v) is 8.85. The first-order chi connectivity index (χ1) is 12.7. The molecule has 1 atom stereocenters. The summed E-state index contributed by atoms with van der Waals surface area (Å²) in [6.07, 6.45) is 0.0238. The third kappa shape index (κ3) is 8.11. The summed E-state index contributed by atoms with van der Waals surface area (Å²) in [5.74, 6) is -1.45. The molecule has 1 unspecified atom stereocenters. The van der Waals surface area contributed by atoms with Gasteiger partial charge >= 0.3 is 18.0 Å². The topological polar surface area (TPSA) is 82.1 Å². The normalized spacial score (nSPS) is 12.0. The van der Waals surface area contributed by atoms with Gasteiger partial charge in [0, 0.05) is 19.5 Å². The van der Waals surface area contributed by atoms with Crippen molar-refractivity contribution in [3.63, 3.8) is 0 Å².